The van der Waals surface area contributed by atoms with Crippen LogP contribution in [0.15, 0.2) is 60.9 Å². The fourth-order valence-corrected chi connectivity index (χ4v) is 3.81. The summed E-state index contributed by atoms with van der Waals surface area (Å²) >= 11 is 1.65. The van der Waals surface area contributed by atoms with E-state index in [1.807, 2.05) is 30.3 Å². The van der Waals surface area contributed by atoms with Gasteiger partial charge >= 0.3 is 0 Å². The highest BCUT2D eigenvalue weighted by molar-refractivity contribution is 7.19. The first-order valence-corrected chi connectivity index (χ1v) is 8.40. The molecule has 0 aliphatic carbocycles. The monoisotopic (exact) mass is 333 g/mol. The summed E-state index contributed by atoms with van der Waals surface area (Å²) in [5, 5.41) is 14.3. The summed E-state index contributed by atoms with van der Waals surface area (Å²) < 4.78 is 0. The van der Waals surface area contributed by atoms with Crippen molar-refractivity contribution in [1.29, 1.82) is 0 Å². The molecule has 0 fully saturated rings. The molecule has 0 aliphatic heterocycles. The number of anilines is 2. The first-order chi connectivity index (χ1) is 11.7. The van der Waals surface area contributed by atoms with E-state index < -0.39 is 0 Å². The van der Waals surface area contributed by atoms with Gasteiger partial charge in [0.25, 0.3) is 0 Å². The third kappa shape index (κ3) is 2.49. The number of rotatable bonds is 3. The molecule has 2 aromatic heterocycles. The summed E-state index contributed by atoms with van der Waals surface area (Å²) in [4.78, 5) is 11.0. The summed E-state index contributed by atoms with van der Waals surface area (Å²) in [5.41, 5.74) is 2.89. The minimum atomic E-state index is 0.192. The van der Waals surface area contributed by atoms with E-state index in [4.69, 9.17) is 0 Å². The number of phenols is 1. The van der Waals surface area contributed by atoms with Crippen molar-refractivity contribution in [1.82, 2.24) is 9.97 Å². The molecule has 0 aliphatic rings. The molecule has 5 heteroatoms. The van der Waals surface area contributed by atoms with E-state index in [0.29, 0.717) is 11.5 Å². The highest BCUT2D eigenvalue weighted by Crippen LogP contribution is 2.41. The molecule has 2 heterocycles. The zero-order chi connectivity index (χ0) is 16.5. The van der Waals surface area contributed by atoms with Gasteiger partial charge in [0, 0.05) is 10.4 Å². The van der Waals surface area contributed by atoms with E-state index >= 15 is 0 Å². The summed E-state index contributed by atoms with van der Waals surface area (Å²) in [6.07, 6.45) is 1.55. The lowest BCUT2D eigenvalue weighted by Crippen LogP contribution is -1.96. The predicted octanol–water partition coefficient (Wildman–Crippen LogP) is 5.12. The van der Waals surface area contributed by atoms with E-state index in [1.165, 1.54) is 4.88 Å². The van der Waals surface area contributed by atoms with Gasteiger partial charge in [-0.05, 0) is 24.6 Å². The van der Waals surface area contributed by atoms with Gasteiger partial charge in [-0.1, -0.05) is 42.5 Å². The summed E-state index contributed by atoms with van der Waals surface area (Å²) in [6, 6.07) is 17.4. The van der Waals surface area contributed by atoms with Crippen LogP contribution in [0.4, 0.5) is 11.5 Å². The van der Waals surface area contributed by atoms with Crippen LogP contribution in [0.3, 0.4) is 0 Å². The van der Waals surface area contributed by atoms with E-state index in [0.717, 1.165) is 21.3 Å². The number of aromatic nitrogens is 2. The second kappa shape index (κ2) is 5.94. The van der Waals surface area contributed by atoms with Crippen molar-refractivity contribution in [2.45, 2.75) is 6.92 Å². The smallest absolute Gasteiger partial charge is 0.143 e. The van der Waals surface area contributed by atoms with Crippen molar-refractivity contribution < 1.29 is 5.11 Å². The molecule has 118 valence electrons. The predicted molar refractivity (Wildman–Crippen MR) is 99.0 cm³/mol. The molecule has 0 saturated heterocycles. The van der Waals surface area contributed by atoms with Crippen LogP contribution < -0.4 is 5.32 Å². The molecule has 4 nitrogen and oxygen atoms in total. The van der Waals surface area contributed by atoms with E-state index in [1.54, 1.807) is 29.8 Å². The minimum Gasteiger partial charge on any atom is -0.506 e. The van der Waals surface area contributed by atoms with Crippen LogP contribution in [0.25, 0.3) is 21.3 Å². The number of nitrogens with one attached hydrogen (secondary N) is 1. The van der Waals surface area contributed by atoms with Gasteiger partial charge in [-0.25, -0.2) is 9.97 Å². The van der Waals surface area contributed by atoms with Gasteiger partial charge in [0.05, 0.1) is 11.1 Å². The second-order valence-corrected chi connectivity index (χ2v) is 6.65. The summed E-state index contributed by atoms with van der Waals surface area (Å²) in [6.45, 7) is 2.10. The SMILES string of the molecule is Cc1sc2ncnc(Nc3ccccc3O)c2c1-c1ccccc1. The Hall–Kier alpha value is -2.92. The zero-order valence-corrected chi connectivity index (χ0v) is 13.8. The standard InChI is InChI=1S/C19H15N3OS/c1-12-16(13-7-3-2-4-8-13)17-18(20-11-21-19(17)24-12)22-14-9-5-6-10-15(14)23/h2-11,23H,1H3,(H,20,21,22). The molecule has 2 aromatic carbocycles. The molecule has 2 N–H and O–H groups in total. The molecule has 4 aromatic rings. The molecule has 4 rings (SSSR count). The van der Waals surface area contributed by atoms with E-state index in [2.05, 4.69) is 34.3 Å². The Morgan fingerprint density at radius 3 is 2.50 bits per heavy atom. The molecule has 0 saturated carbocycles. The summed E-state index contributed by atoms with van der Waals surface area (Å²) in [7, 11) is 0. The van der Waals surface area contributed by atoms with Gasteiger partial charge < -0.3 is 10.4 Å². The van der Waals surface area contributed by atoms with Gasteiger partial charge in [0.15, 0.2) is 0 Å². The van der Waals surface area contributed by atoms with Gasteiger partial charge in [-0.3, -0.25) is 0 Å². The van der Waals surface area contributed by atoms with Crippen molar-refractivity contribution in [3.05, 3.63) is 65.8 Å². The first kappa shape index (κ1) is 14.7. The first-order valence-electron chi connectivity index (χ1n) is 7.58. The van der Waals surface area contributed by atoms with Crippen LogP contribution in [0.5, 0.6) is 5.75 Å². The molecule has 0 amide bonds. The van der Waals surface area contributed by atoms with E-state index in [-0.39, 0.29) is 5.75 Å². The maximum absolute atomic E-state index is 10.0. The van der Waals surface area contributed by atoms with Crippen LogP contribution in [0.2, 0.25) is 0 Å². The molecular weight excluding hydrogens is 318 g/mol. The lowest BCUT2D eigenvalue weighted by molar-refractivity contribution is 0.478. The average Bonchev–Trinajstić information content (AvgIpc) is 2.94. The Kier molecular flexibility index (Phi) is 3.63. The van der Waals surface area contributed by atoms with Crippen LogP contribution >= 0.6 is 11.3 Å². The van der Waals surface area contributed by atoms with Gasteiger partial charge in [-0.2, -0.15) is 0 Å². The van der Waals surface area contributed by atoms with Crippen LogP contribution in [0.1, 0.15) is 4.88 Å². The number of hydrogen-bond donors (Lipinski definition) is 2. The number of phenolic OH excluding ortho intramolecular Hbond substituents is 1. The average molecular weight is 333 g/mol. The number of hydrogen-bond acceptors (Lipinski definition) is 5. The Balaban J connectivity index is 1.92. The Morgan fingerprint density at radius 1 is 0.958 bits per heavy atom. The number of para-hydroxylation sites is 2. The number of aromatic hydroxyl groups is 1. The van der Waals surface area contributed by atoms with Crippen molar-refractivity contribution in [3.63, 3.8) is 0 Å². The van der Waals surface area contributed by atoms with Gasteiger partial charge in [-0.15, -0.1) is 11.3 Å². The van der Waals surface area contributed by atoms with Crippen LogP contribution in [0, 0.1) is 6.92 Å². The lowest BCUT2D eigenvalue weighted by Gasteiger charge is -2.10. The van der Waals surface area contributed by atoms with E-state index in [9.17, 15) is 5.11 Å². The molecule has 0 unspecified atom stereocenters. The summed E-state index contributed by atoms with van der Waals surface area (Å²) in [5.74, 6) is 0.891. The molecule has 0 spiro atoms. The Morgan fingerprint density at radius 2 is 1.71 bits per heavy atom. The van der Waals surface area contributed by atoms with Gasteiger partial charge in [0.1, 0.15) is 22.7 Å². The van der Waals surface area contributed by atoms with Gasteiger partial charge in [0.2, 0.25) is 0 Å². The largest absolute Gasteiger partial charge is 0.506 e. The molecular formula is C19H15N3OS. The number of nitrogens with zero attached hydrogens (tertiary/aromatic N) is 2. The minimum absolute atomic E-state index is 0.192. The van der Waals surface area contributed by atoms with Crippen LogP contribution in [-0.4, -0.2) is 15.1 Å². The number of fused-ring (bicyclic) bond motifs is 1. The number of thiophene rings is 1. The van der Waals surface area contributed by atoms with Crippen LogP contribution in [-0.2, 0) is 0 Å². The second-order valence-electron chi connectivity index (χ2n) is 5.44. The maximum Gasteiger partial charge on any atom is 0.143 e. The number of benzene rings is 2. The molecule has 0 atom stereocenters. The molecule has 24 heavy (non-hydrogen) atoms. The van der Waals surface area contributed by atoms with Crippen molar-refractivity contribution in [2.75, 3.05) is 5.32 Å². The van der Waals surface area contributed by atoms with Crippen molar-refractivity contribution in [3.8, 4) is 16.9 Å². The zero-order valence-electron chi connectivity index (χ0n) is 13.0. The third-order valence-electron chi connectivity index (χ3n) is 3.88. The highest BCUT2D eigenvalue weighted by Gasteiger charge is 2.17. The third-order valence-corrected chi connectivity index (χ3v) is 4.90. The topological polar surface area (TPSA) is 58.0 Å². The lowest BCUT2D eigenvalue weighted by atomic mass is 10.0. The molecule has 0 bridgehead atoms. The van der Waals surface area contributed by atoms with Crippen molar-refractivity contribution in [2.24, 2.45) is 0 Å². The normalized spacial score (nSPS) is 10.9. The van der Waals surface area contributed by atoms with Crippen molar-refractivity contribution >= 4 is 33.1 Å². The number of aryl methyl sites for hydroxylation is 1. The molecule has 0 radical (unpaired) electrons. The highest BCUT2D eigenvalue weighted by atomic mass is 32.1. The Labute approximate surface area is 143 Å². The quantitative estimate of drug-likeness (QED) is 0.511. The maximum atomic E-state index is 10.0. The fourth-order valence-electron chi connectivity index (χ4n) is 2.80. The fraction of sp³-hybridized carbons (Fsp3) is 0.0526. The Bertz CT molecular complexity index is 1010.